The number of hydrogen-bond donors (Lipinski definition) is 4. The Hall–Kier alpha value is 0.380. The Morgan fingerprint density at radius 3 is 1.43 bits per heavy atom. The fraction of sp³-hybridized carbons (Fsp3) is 1.00. The minimum Gasteiger partial charge on any atom is -0.394 e. The first kappa shape index (κ1) is 32.6. The van der Waals surface area contributed by atoms with Gasteiger partial charge in [-0.3, -0.25) is 0 Å². The van der Waals surface area contributed by atoms with E-state index in [1.165, 1.54) is 102 Å². The maximum atomic E-state index is 9.15. The third kappa shape index (κ3) is 35.8. The molecule has 4 N–H and O–H groups in total. The van der Waals surface area contributed by atoms with Crippen LogP contribution >= 0.6 is 19.6 Å². The predicted octanol–water partition coefficient (Wildman–Crippen LogP) is 6.06. The molecule has 1 unspecified atom stereocenters. The van der Waals surface area contributed by atoms with Crippen molar-refractivity contribution in [3.05, 3.63) is 0 Å². The second-order valence-electron chi connectivity index (χ2n) is 7.80. The van der Waals surface area contributed by atoms with Gasteiger partial charge < -0.3 is 24.5 Å². The van der Waals surface area contributed by atoms with Crippen molar-refractivity contribution in [3.8, 4) is 0 Å². The van der Waals surface area contributed by atoms with Gasteiger partial charge in [0.1, 0.15) is 0 Å². The largest absolute Gasteiger partial charge is 0.466 e. The molecule has 0 aromatic rings. The topological polar surface area (TPSA) is 107 Å². The standard InChI is InChI=1S/C22H46O2S.H3O4P/c1-3-5-6-7-8-9-10-11-12-13-14-15-16-17-18-19-25-21-22(20-23)24-4-2;1-5(2,3)4/h22-23H,3-21H2,1-2H3;(H3,1,2,3,4). The van der Waals surface area contributed by atoms with Crippen molar-refractivity contribution in [1.82, 2.24) is 0 Å². The van der Waals surface area contributed by atoms with Crippen molar-refractivity contribution in [2.75, 3.05) is 24.7 Å². The van der Waals surface area contributed by atoms with Crippen LogP contribution in [0.25, 0.3) is 0 Å². The third-order valence-electron chi connectivity index (χ3n) is 4.80. The monoisotopic (exact) mass is 472 g/mol. The van der Waals surface area contributed by atoms with Crippen LogP contribution < -0.4 is 0 Å². The van der Waals surface area contributed by atoms with Gasteiger partial charge in [0.05, 0.1) is 12.7 Å². The summed E-state index contributed by atoms with van der Waals surface area (Å²) in [6.07, 6.45) is 21.4. The van der Waals surface area contributed by atoms with E-state index in [0.29, 0.717) is 6.61 Å². The van der Waals surface area contributed by atoms with E-state index >= 15 is 0 Å². The second-order valence-corrected chi connectivity index (χ2v) is 9.97. The highest BCUT2D eigenvalue weighted by molar-refractivity contribution is 7.99. The van der Waals surface area contributed by atoms with Gasteiger partial charge in [-0.25, -0.2) is 4.57 Å². The SMILES string of the molecule is CCCCCCCCCCCCCCCCCSCC(CO)OCC.O=P(O)(O)O. The quantitative estimate of drug-likeness (QED) is 0.119. The van der Waals surface area contributed by atoms with Crippen molar-refractivity contribution in [1.29, 1.82) is 0 Å². The maximum Gasteiger partial charge on any atom is 0.466 e. The molecule has 1 atom stereocenters. The average Bonchev–Trinajstić information content (AvgIpc) is 2.68. The summed E-state index contributed by atoms with van der Waals surface area (Å²) in [7, 11) is -4.64. The molecule has 0 heterocycles. The Morgan fingerprint density at radius 2 is 1.10 bits per heavy atom. The van der Waals surface area contributed by atoms with E-state index in [0.717, 1.165) is 5.75 Å². The zero-order chi connectivity index (χ0) is 22.9. The summed E-state index contributed by atoms with van der Waals surface area (Å²) in [5.41, 5.74) is 0. The van der Waals surface area contributed by atoms with Gasteiger partial charge in [-0.15, -0.1) is 0 Å². The zero-order valence-electron chi connectivity index (χ0n) is 19.5. The van der Waals surface area contributed by atoms with Crippen LogP contribution in [0.2, 0.25) is 0 Å². The minimum atomic E-state index is -4.64. The fourth-order valence-corrected chi connectivity index (χ4v) is 4.22. The molecule has 8 heteroatoms. The van der Waals surface area contributed by atoms with Crippen LogP contribution in [0.3, 0.4) is 0 Å². The molecule has 0 saturated heterocycles. The van der Waals surface area contributed by atoms with E-state index < -0.39 is 7.82 Å². The highest BCUT2D eigenvalue weighted by atomic mass is 32.2. The van der Waals surface area contributed by atoms with Crippen molar-refractivity contribution in [3.63, 3.8) is 0 Å². The second kappa shape index (κ2) is 25.6. The number of phosphoric acid groups is 1. The number of ether oxygens (including phenoxy) is 1. The smallest absolute Gasteiger partial charge is 0.394 e. The Bertz CT molecular complexity index is 359. The number of aliphatic hydroxyl groups is 1. The lowest BCUT2D eigenvalue weighted by Gasteiger charge is -2.13. The van der Waals surface area contributed by atoms with E-state index in [-0.39, 0.29) is 12.7 Å². The van der Waals surface area contributed by atoms with Crippen LogP contribution in [-0.4, -0.2) is 50.6 Å². The normalized spacial score (nSPS) is 12.5. The molecule has 0 rings (SSSR count). The van der Waals surface area contributed by atoms with Gasteiger partial charge in [0.15, 0.2) is 0 Å². The van der Waals surface area contributed by atoms with Gasteiger partial charge in [0.25, 0.3) is 0 Å². The third-order valence-corrected chi connectivity index (χ3v) is 5.99. The molecule has 0 aromatic carbocycles. The van der Waals surface area contributed by atoms with Crippen molar-refractivity contribution in [2.24, 2.45) is 0 Å². The fourth-order valence-electron chi connectivity index (χ4n) is 3.18. The summed E-state index contributed by atoms with van der Waals surface area (Å²) < 4.78 is 14.3. The molecule has 0 aliphatic carbocycles. The molecule has 184 valence electrons. The Labute approximate surface area is 189 Å². The average molecular weight is 473 g/mol. The van der Waals surface area contributed by atoms with Crippen molar-refractivity contribution < 1.29 is 29.1 Å². The summed E-state index contributed by atoms with van der Waals surface area (Å²) in [6.45, 7) is 5.13. The van der Waals surface area contributed by atoms with Crippen LogP contribution in [0.5, 0.6) is 0 Å². The van der Waals surface area contributed by atoms with Gasteiger partial charge in [-0.2, -0.15) is 11.8 Å². The van der Waals surface area contributed by atoms with Gasteiger partial charge in [-0.1, -0.05) is 96.8 Å². The number of rotatable bonds is 21. The molecule has 0 radical (unpaired) electrons. The number of hydrogen-bond acceptors (Lipinski definition) is 4. The van der Waals surface area contributed by atoms with E-state index in [9.17, 15) is 0 Å². The molecular weight excluding hydrogens is 423 g/mol. The molecule has 0 amide bonds. The first-order valence-electron chi connectivity index (χ1n) is 11.9. The zero-order valence-corrected chi connectivity index (χ0v) is 21.2. The number of unbranched alkanes of at least 4 members (excludes halogenated alkanes) is 14. The van der Waals surface area contributed by atoms with Gasteiger partial charge >= 0.3 is 7.82 Å². The first-order chi connectivity index (χ1) is 14.3. The summed E-state index contributed by atoms with van der Waals surface area (Å²) in [6, 6.07) is 0. The number of aliphatic hydroxyl groups excluding tert-OH is 1. The van der Waals surface area contributed by atoms with Crippen LogP contribution in [0, 0.1) is 0 Å². The first-order valence-corrected chi connectivity index (χ1v) is 14.7. The van der Waals surface area contributed by atoms with E-state index in [2.05, 4.69) is 6.92 Å². The molecule has 0 saturated carbocycles. The Morgan fingerprint density at radius 1 is 0.733 bits per heavy atom. The molecule has 0 fully saturated rings. The van der Waals surface area contributed by atoms with Crippen LogP contribution in [0.1, 0.15) is 110 Å². The molecule has 0 bridgehead atoms. The molecule has 0 spiro atoms. The summed E-state index contributed by atoms with van der Waals surface area (Å²) >= 11 is 1.93. The highest BCUT2D eigenvalue weighted by Crippen LogP contribution is 2.25. The number of thioether (sulfide) groups is 1. The molecule has 30 heavy (non-hydrogen) atoms. The molecule has 0 aliphatic rings. The lowest BCUT2D eigenvalue weighted by atomic mass is 10.0. The van der Waals surface area contributed by atoms with E-state index in [4.69, 9.17) is 29.1 Å². The van der Waals surface area contributed by atoms with Crippen LogP contribution in [0.15, 0.2) is 0 Å². The molecular formula is C22H49O6PS. The molecule has 0 aliphatic heterocycles. The Kier molecular flexibility index (Phi) is 27.8. The summed E-state index contributed by atoms with van der Waals surface area (Å²) in [4.78, 5) is 21.6. The minimum absolute atomic E-state index is 0.0336. The highest BCUT2D eigenvalue weighted by Gasteiger charge is 2.06. The van der Waals surface area contributed by atoms with Gasteiger partial charge in [0, 0.05) is 12.4 Å². The lowest BCUT2D eigenvalue weighted by Crippen LogP contribution is -2.20. The van der Waals surface area contributed by atoms with Crippen molar-refractivity contribution >= 4 is 19.6 Å². The maximum absolute atomic E-state index is 9.15. The molecule has 0 aromatic heterocycles. The van der Waals surface area contributed by atoms with E-state index in [1.54, 1.807) is 0 Å². The van der Waals surface area contributed by atoms with Crippen LogP contribution in [-0.2, 0) is 9.30 Å². The van der Waals surface area contributed by atoms with Gasteiger partial charge in [0.2, 0.25) is 0 Å². The van der Waals surface area contributed by atoms with Crippen LogP contribution in [0.4, 0.5) is 0 Å². The molecule has 6 nitrogen and oxygen atoms in total. The van der Waals surface area contributed by atoms with E-state index in [1.807, 2.05) is 18.7 Å². The Balaban J connectivity index is 0. The summed E-state index contributed by atoms with van der Waals surface area (Å²) in [5.74, 6) is 2.14. The van der Waals surface area contributed by atoms with Gasteiger partial charge in [-0.05, 0) is 19.1 Å². The predicted molar refractivity (Wildman–Crippen MR) is 129 cm³/mol. The lowest BCUT2D eigenvalue weighted by molar-refractivity contribution is 0.0356. The van der Waals surface area contributed by atoms with Crippen molar-refractivity contribution in [2.45, 2.75) is 116 Å². The summed E-state index contributed by atoms with van der Waals surface area (Å²) in [5, 5.41) is 9.15.